The molecule has 1 aliphatic rings. The van der Waals surface area contributed by atoms with E-state index in [4.69, 9.17) is 9.47 Å². The lowest BCUT2D eigenvalue weighted by Gasteiger charge is -2.24. The number of ether oxygens (including phenoxy) is 2. The van der Waals surface area contributed by atoms with Crippen molar-refractivity contribution < 1.29 is 14.3 Å². The lowest BCUT2D eigenvalue weighted by molar-refractivity contribution is 0.0275. The molecule has 20 heavy (non-hydrogen) atoms. The standard InChI is InChI=1S/C16H23NO3/c1-12-7-5-6-8-14(12)19-13-9-10-17(11-13)15(18)20-16(2,3)4/h5-8,13H,9-11H2,1-4H3/t13-/m1/s1. The predicted octanol–water partition coefficient (Wildman–Crippen LogP) is 3.38. The van der Waals surface area contributed by atoms with Crippen LogP contribution in [0, 0.1) is 6.92 Å². The molecule has 0 aromatic heterocycles. The molecule has 1 aliphatic heterocycles. The van der Waals surface area contributed by atoms with Crippen LogP contribution < -0.4 is 4.74 Å². The maximum atomic E-state index is 12.0. The number of amides is 1. The molecule has 1 saturated heterocycles. The van der Waals surface area contributed by atoms with Crippen LogP contribution in [-0.2, 0) is 4.74 Å². The number of nitrogens with zero attached hydrogens (tertiary/aromatic N) is 1. The summed E-state index contributed by atoms with van der Waals surface area (Å²) < 4.78 is 11.3. The minimum absolute atomic E-state index is 0.0450. The molecule has 0 spiro atoms. The average Bonchev–Trinajstić information content (AvgIpc) is 2.79. The van der Waals surface area contributed by atoms with Crippen molar-refractivity contribution in [1.82, 2.24) is 4.90 Å². The first-order valence-corrected chi connectivity index (χ1v) is 7.05. The Morgan fingerprint density at radius 2 is 2.00 bits per heavy atom. The molecule has 1 aromatic rings. The number of rotatable bonds is 2. The smallest absolute Gasteiger partial charge is 0.410 e. The summed E-state index contributed by atoms with van der Waals surface area (Å²) in [5, 5.41) is 0. The Labute approximate surface area is 120 Å². The highest BCUT2D eigenvalue weighted by atomic mass is 16.6. The predicted molar refractivity (Wildman–Crippen MR) is 78.0 cm³/mol. The first-order valence-electron chi connectivity index (χ1n) is 7.05. The first kappa shape index (κ1) is 14.7. The number of carbonyl (C=O) groups is 1. The Balaban J connectivity index is 1.90. The van der Waals surface area contributed by atoms with E-state index in [0.29, 0.717) is 13.1 Å². The van der Waals surface area contributed by atoms with Crippen LogP contribution >= 0.6 is 0 Å². The fourth-order valence-electron chi connectivity index (χ4n) is 2.18. The summed E-state index contributed by atoms with van der Waals surface area (Å²) in [6.07, 6.45) is 0.630. The Morgan fingerprint density at radius 3 is 2.65 bits per heavy atom. The van der Waals surface area contributed by atoms with E-state index in [1.165, 1.54) is 0 Å². The van der Waals surface area contributed by atoms with Gasteiger partial charge in [0.25, 0.3) is 0 Å². The van der Waals surface area contributed by atoms with Crippen LogP contribution in [0.15, 0.2) is 24.3 Å². The highest BCUT2D eigenvalue weighted by Crippen LogP contribution is 2.22. The van der Waals surface area contributed by atoms with Gasteiger partial charge in [0.2, 0.25) is 0 Å². The van der Waals surface area contributed by atoms with E-state index in [9.17, 15) is 4.79 Å². The maximum absolute atomic E-state index is 12.0. The SMILES string of the molecule is Cc1ccccc1O[C@@H]1CCN(C(=O)OC(C)(C)C)C1. The van der Waals surface area contributed by atoms with Gasteiger partial charge < -0.3 is 14.4 Å². The van der Waals surface area contributed by atoms with Crippen molar-refractivity contribution in [2.24, 2.45) is 0 Å². The molecule has 0 bridgehead atoms. The van der Waals surface area contributed by atoms with Gasteiger partial charge in [0.15, 0.2) is 0 Å². The van der Waals surface area contributed by atoms with E-state index in [0.717, 1.165) is 17.7 Å². The van der Waals surface area contributed by atoms with Gasteiger partial charge in [-0.15, -0.1) is 0 Å². The van der Waals surface area contributed by atoms with Gasteiger partial charge in [-0.05, 0) is 39.3 Å². The number of benzene rings is 1. The Morgan fingerprint density at radius 1 is 1.30 bits per heavy atom. The van der Waals surface area contributed by atoms with Crippen molar-refractivity contribution in [2.75, 3.05) is 13.1 Å². The molecule has 1 fully saturated rings. The summed E-state index contributed by atoms with van der Waals surface area (Å²) in [6.45, 7) is 8.93. The number of likely N-dealkylation sites (tertiary alicyclic amines) is 1. The third-order valence-corrected chi connectivity index (χ3v) is 3.18. The van der Waals surface area contributed by atoms with E-state index in [2.05, 4.69) is 0 Å². The molecular weight excluding hydrogens is 254 g/mol. The van der Waals surface area contributed by atoms with Crippen LogP contribution in [-0.4, -0.2) is 35.8 Å². The van der Waals surface area contributed by atoms with Crippen molar-refractivity contribution in [1.29, 1.82) is 0 Å². The molecular formula is C16H23NO3. The van der Waals surface area contributed by atoms with Gasteiger partial charge in [-0.2, -0.15) is 0 Å². The monoisotopic (exact) mass is 277 g/mol. The topological polar surface area (TPSA) is 38.8 Å². The summed E-state index contributed by atoms with van der Waals surface area (Å²) in [4.78, 5) is 13.7. The molecule has 4 nitrogen and oxygen atoms in total. The summed E-state index contributed by atoms with van der Waals surface area (Å²) in [7, 11) is 0. The van der Waals surface area contributed by atoms with Crippen LogP contribution in [0.25, 0.3) is 0 Å². The Kier molecular flexibility index (Phi) is 4.21. The second-order valence-corrected chi connectivity index (χ2v) is 6.22. The fourth-order valence-corrected chi connectivity index (χ4v) is 2.18. The zero-order valence-electron chi connectivity index (χ0n) is 12.7. The summed E-state index contributed by atoms with van der Waals surface area (Å²) in [5.74, 6) is 0.892. The molecule has 1 atom stereocenters. The van der Waals surface area contributed by atoms with Crippen molar-refractivity contribution in [3.05, 3.63) is 29.8 Å². The Hall–Kier alpha value is -1.71. The molecule has 0 radical (unpaired) electrons. The second-order valence-electron chi connectivity index (χ2n) is 6.22. The van der Waals surface area contributed by atoms with Crippen LogP contribution in [0.3, 0.4) is 0 Å². The molecule has 0 saturated carbocycles. The first-order chi connectivity index (χ1) is 9.35. The minimum atomic E-state index is -0.452. The Bertz CT molecular complexity index is 479. The summed E-state index contributed by atoms with van der Waals surface area (Å²) >= 11 is 0. The van der Waals surface area contributed by atoms with Gasteiger partial charge in [-0.25, -0.2) is 4.79 Å². The molecule has 2 rings (SSSR count). The maximum Gasteiger partial charge on any atom is 0.410 e. The number of aryl methyl sites for hydroxylation is 1. The van der Waals surface area contributed by atoms with Crippen molar-refractivity contribution in [3.8, 4) is 5.75 Å². The number of carbonyl (C=O) groups excluding carboxylic acids is 1. The quantitative estimate of drug-likeness (QED) is 0.831. The second kappa shape index (κ2) is 5.73. The zero-order chi connectivity index (χ0) is 14.8. The van der Waals surface area contributed by atoms with Gasteiger partial charge in [-0.3, -0.25) is 0 Å². The largest absolute Gasteiger partial charge is 0.488 e. The van der Waals surface area contributed by atoms with Gasteiger partial charge in [0, 0.05) is 13.0 Å². The van der Waals surface area contributed by atoms with Crippen LogP contribution in [0.1, 0.15) is 32.8 Å². The van der Waals surface area contributed by atoms with E-state index in [1.807, 2.05) is 52.0 Å². The number of hydrogen-bond donors (Lipinski definition) is 0. The van der Waals surface area contributed by atoms with Gasteiger partial charge >= 0.3 is 6.09 Å². The fraction of sp³-hybridized carbons (Fsp3) is 0.562. The molecule has 1 aromatic carbocycles. The van der Waals surface area contributed by atoms with E-state index < -0.39 is 5.60 Å². The molecule has 1 heterocycles. The number of para-hydroxylation sites is 1. The third kappa shape index (κ3) is 3.89. The zero-order valence-corrected chi connectivity index (χ0v) is 12.7. The molecule has 0 unspecified atom stereocenters. The molecule has 4 heteroatoms. The lowest BCUT2D eigenvalue weighted by Crippen LogP contribution is -2.36. The van der Waals surface area contributed by atoms with Crippen LogP contribution in [0.5, 0.6) is 5.75 Å². The normalized spacial score (nSPS) is 19.0. The van der Waals surface area contributed by atoms with Crippen molar-refractivity contribution in [2.45, 2.75) is 45.8 Å². The lowest BCUT2D eigenvalue weighted by atomic mass is 10.2. The van der Waals surface area contributed by atoms with Crippen molar-refractivity contribution in [3.63, 3.8) is 0 Å². The minimum Gasteiger partial charge on any atom is -0.488 e. The number of hydrogen-bond acceptors (Lipinski definition) is 3. The van der Waals surface area contributed by atoms with E-state index in [-0.39, 0.29) is 12.2 Å². The molecule has 1 amide bonds. The van der Waals surface area contributed by atoms with Gasteiger partial charge in [0.1, 0.15) is 17.5 Å². The summed E-state index contributed by atoms with van der Waals surface area (Å²) in [6, 6.07) is 7.94. The average molecular weight is 277 g/mol. The van der Waals surface area contributed by atoms with E-state index in [1.54, 1.807) is 4.90 Å². The van der Waals surface area contributed by atoms with E-state index >= 15 is 0 Å². The molecule has 0 N–H and O–H groups in total. The van der Waals surface area contributed by atoms with Crippen LogP contribution in [0.2, 0.25) is 0 Å². The third-order valence-electron chi connectivity index (χ3n) is 3.18. The summed E-state index contributed by atoms with van der Waals surface area (Å²) in [5.41, 5.74) is 0.662. The highest BCUT2D eigenvalue weighted by molar-refractivity contribution is 5.68. The molecule has 110 valence electrons. The van der Waals surface area contributed by atoms with Gasteiger partial charge in [0.05, 0.1) is 6.54 Å². The highest BCUT2D eigenvalue weighted by Gasteiger charge is 2.30. The van der Waals surface area contributed by atoms with Gasteiger partial charge in [-0.1, -0.05) is 18.2 Å². The molecule has 0 aliphatic carbocycles. The van der Waals surface area contributed by atoms with Crippen molar-refractivity contribution >= 4 is 6.09 Å². The van der Waals surface area contributed by atoms with Crippen LogP contribution in [0.4, 0.5) is 4.79 Å².